The van der Waals surface area contributed by atoms with Crippen molar-refractivity contribution < 1.29 is 0 Å². The first-order chi connectivity index (χ1) is 3.89. The summed E-state index contributed by atoms with van der Waals surface area (Å²) < 4.78 is 0. The fourth-order valence-corrected chi connectivity index (χ4v) is 0.596. The van der Waals surface area contributed by atoms with Gasteiger partial charge in [-0.3, -0.25) is 0 Å². The molecule has 0 aromatic heterocycles. The molecular formula is C7H9N. The van der Waals surface area contributed by atoms with Crippen molar-refractivity contribution in [1.82, 2.24) is 0 Å². The van der Waals surface area contributed by atoms with Crippen LogP contribution < -0.4 is 5.73 Å². The van der Waals surface area contributed by atoms with E-state index in [0.29, 0.717) is 0 Å². The van der Waals surface area contributed by atoms with Crippen molar-refractivity contribution in [2.75, 3.05) is 0 Å². The van der Waals surface area contributed by atoms with Gasteiger partial charge in [0, 0.05) is 5.70 Å². The summed E-state index contributed by atoms with van der Waals surface area (Å²) in [4.78, 5) is 0. The molecule has 0 saturated heterocycles. The van der Waals surface area contributed by atoms with E-state index in [-0.39, 0.29) is 0 Å². The van der Waals surface area contributed by atoms with Crippen molar-refractivity contribution in [1.29, 1.82) is 0 Å². The third-order valence-corrected chi connectivity index (χ3v) is 1.01. The van der Waals surface area contributed by atoms with Crippen LogP contribution in [0.25, 0.3) is 0 Å². The Bertz CT molecular complexity index is 152. The number of allylic oxidation sites excluding steroid dienone is 5. The molecule has 0 aliphatic heterocycles. The van der Waals surface area contributed by atoms with Gasteiger partial charge in [-0.25, -0.2) is 0 Å². The predicted octanol–water partition coefficient (Wildman–Crippen LogP) is 1.35. The van der Waals surface area contributed by atoms with E-state index < -0.39 is 0 Å². The van der Waals surface area contributed by atoms with E-state index >= 15 is 0 Å². The molecule has 0 radical (unpaired) electrons. The minimum absolute atomic E-state index is 0.832. The normalized spacial score (nSPS) is 17.8. The van der Waals surface area contributed by atoms with Gasteiger partial charge in [-0.15, -0.1) is 0 Å². The molecule has 0 spiro atoms. The van der Waals surface area contributed by atoms with Crippen LogP contribution in [0, 0.1) is 0 Å². The smallest absolute Gasteiger partial charge is 0.0310 e. The van der Waals surface area contributed by atoms with Gasteiger partial charge in [-0.2, -0.15) is 0 Å². The van der Waals surface area contributed by atoms with Crippen LogP contribution in [0.5, 0.6) is 0 Å². The quantitative estimate of drug-likeness (QED) is 0.496. The summed E-state index contributed by atoms with van der Waals surface area (Å²) in [5.74, 6) is 0. The van der Waals surface area contributed by atoms with Crippen LogP contribution in [-0.4, -0.2) is 0 Å². The molecule has 0 amide bonds. The molecule has 0 aromatic carbocycles. The van der Waals surface area contributed by atoms with E-state index in [1.807, 2.05) is 24.3 Å². The zero-order valence-corrected chi connectivity index (χ0v) is 4.67. The molecule has 0 fully saturated rings. The second kappa shape index (κ2) is 2.36. The fraction of sp³-hybridized carbons (Fsp3) is 0.143. The van der Waals surface area contributed by atoms with Crippen molar-refractivity contribution in [3.8, 4) is 0 Å². The average molecular weight is 107 g/mol. The van der Waals surface area contributed by atoms with Crippen LogP contribution >= 0.6 is 0 Å². The minimum Gasteiger partial charge on any atom is -0.399 e. The maximum atomic E-state index is 5.46. The topological polar surface area (TPSA) is 26.0 Å². The summed E-state index contributed by atoms with van der Waals surface area (Å²) in [5, 5.41) is 0. The lowest BCUT2D eigenvalue weighted by atomic mass is 10.4. The number of hydrogen-bond acceptors (Lipinski definition) is 1. The van der Waals surface area contributed by atoms with Crippen LogP contribution in [0.4, 0.5) is 0 Å². The van der Waals surface area contributed by atoms with E-state index in [0.717, 1.165) is 12.1 Å². The molecule has 0 unspecified atom stereocenters. The molecular weight excluding hydrogens is 98.1 g/mol. The molecule has 1 nitrogen and oxygen atoms in total. The summed E-state index contributed by atoms with van der Waals surface area (Å²) in [5.41, 5.74) is 6.29. The highest BCUT2D eigenvalue weighted by molar-refractivity contribution is 5.24. The molecule has 0 saturated carbocycles. The molecule has 2 N–H and O–H groups in total. The van der Waals surface area contributed by atoms with Gasteiger partial charge in [0.05, 0.1) is 0 Å². The van der Waals surface area contributed by atoms with Crippen LogP contribution in [-0.2, 0) is 0 Å². The monoisotopic (exact) mass is 107 g/mol. The van der Waals surface area contributed by atoms with Gasteiger partial charge in [-0.05, 0) is 18.6 Å². The molecule has 42 valence electrons. The van der Waals surface area contributed by atoms with Crippen molar-refractivity contribution in [3.05, 3.63) is 36.1 Å². The summed E-state index contributed by atoms with van der Waals surface area (Å²) in [6.45, 7) is 0. The fourth-order valence-electron chi connectivity index (χ4n) is 0.596. The second-order valence-electron chi connectivity index (χ2n) is 1.73. The molecule has 0 atom stereocenters. The highest BCUT2D eigenvalue weighted by Crippen LogP contribution is 1.96. The molecule has 1 aliphatic rings. The van der Waals surface area contributed by atoms with E-state index in [2.05, 4.69) is 6.08 Å². The van der Waals surface area contributed by atoms with Gasteiger partial charge in [0.1, 0.15) is 0 Å². The minimum atomic E-state index is 0.832. The maximum absolute atomic E-state index is 5.46. The molecule has 1 aliphatic carbocycles. The Morgan fingerprint density at radius 2 is 2.25 bits per heavy atom. The largest absolute Gasteiger partial charge is 0.399 e. The first-order valence-corrected chi connectivity index (χ1v) is 2.68. The Kier molecular flexibility index (Phi) is 1.52. The van der Waals surface area contributed by atoms with Crippen LogP contribution in [0.2, 0.25) is 0 Å². The Hall–Kier alpha value is -0.980. The number of nitrogens with two attached hydrogens (primary N) is 1. The van der Waals surface area contributed by atoms with Crippen molar-refractivity contribution in [2.24, 2.45) is 5.73 Å². The van der Waals surface area contributed by atoms with E-state index in [9.17, 15) is 0 Å². The third kappa shape index (κ3) is 1.26. The van der Waals surface area contributed by atoms with Gasteiger partial charge < -0.3 is 5.73 Å². The first kappa shape index (κ1) is 5.16. The van der Waals surface area contributed by atoms with E-state index in [1.54, 1.807) is 0 Å². The zero-order chi connectivity index (χ0) is 5.82. The van der Waals surface area contributed by atoms with E-state index in [4.69, 9.17) is 5.73 Å². The predicted molar refractivity (Wildman–Crippen MR) is 35.2 cm³/mol. The lowest BCUT2D eigenvalue weighted by molar-refractivity contribution is 1.38. The lowest BCUT2D eigenvalue weighted by Crippen LogP contribution is -1.89. The number of hydrogen-bond donors (Lipinski definition) is 1. The molecule has 1 heteroatoms. The summed E-state index contributed by atoms with van der Waals surface area (Å²) in [7, 11) is 0. The second-order valence-corrected chi connectivity index (χ2v) is 1.73. The highest BCUT2D eigenvalue weighted by Gasteiger charge is 1.80. The van der Waals surface area contributed by atoms with Crippen molar-refractivity contribution in [3.63, 3.8) is 0 Å². The Morgan fingerprint density at radius 3 is 3.12 bits per heavy atom. The Labute approximate surface area is 49.2 Å². The molecule has 0 bridgehead atoms. The number of rotatable bonds is 0. The van der Waals surface area contributed by atoms with Gasteiger partial charge in [0.25, 0.3) is 0 Å². The van der Waals surface area contributed by atoms with Gasteiger partial charge in [-0.1, -0.05) is 18.2 Å². The van der Waals surface area contributed by atoms with Crippen molar-refractivity contribution >= 4 is 0 Å². The molecule has 0 heterocycles. The maximum Gasteiger partial charge on any atom is 0.0310 e. The van der Waals surface area contributed by atoms with Gasteiger partial charge in [0.2, 0.25) is 0 Å². The van der Waals surface area contributed by atoms with Gasteiger partial charge >= 0.3 is 0 Å². The van der Waals surface area contributed by atoms with Crippen LogP contribution in [0.15, 0.2) is 36.1 Å². The van der Waals surface area contributed by atoms with Crippen LogP contribution in [0.3, 0.4) is 0 Å². The highest BCUT2D eigenvalue weighted by atomic mass is 14.5. The summed E-state index contributed by atoms with van der Waals surface area (Å²) in [6, 6.07) is 0. The summed E-state index contributed by atoms with van der Waals surface area (Å²) in [6.07, 6.45) is 10.9. The van der Waals surface area contributed by atoms with Gasteiger partial charge in [0.15, 0.2) is 0 Å². The van der Waals surface area contributed by atoms with Crippen molar-refractivity contribution in [2.45, 2.75) is 6.42 Å². The Balaban J connectivity index is 2.73. The van der Waals surface area contributed by atoms with E-state index in [1.165, 1.54) is 0 Å². The molecule has 1 rings (SSSR count). The standard InChI is InChI=1S/C7H9N/c8-7-5-3-1-2-4-6-7/h1,3-6H,2,8H2. The van der Waals surface area contributed by atoms with Crippen LogP contribution in [0.1, 0.15) is 6.42 Å². The zero-order valence-electron chi connectivity index (χ0n) is 4.67. The average Bonchev–Trinajstić information content (AvgIpc) is 1.94. The summed E-state index contributed by atoms with van der Waals surface area (Å²) >= 11 is 0. The molecule has 0 aromatic rings. The lowest BCUT2D eigenvalue weighted by Gasteiger charge is -1.82. The molecule has 8 heavy (non-hydrogen) atoms. The third-order valence-electron chi connectivity index (χ3n) is 1.01. The Morgan fingerprint density at radius 1 is 1.38 bits per heavy atom. The first-order valence-electron chi connectivity index (χ1n) is 2.68. The SMILES string of the molecule is NC1=CC=CCC=C1.